The van der Waals surface area contributed by atoms with E-state index >= 15 is 0 Å². The van der Waals surface area contributed by atoms with Gasteiger partial charge in [-0.1, -0.05) is 59.4 Å². The molecule has 3 unspecified atom stereocenters. The van der Waals surface area contributed by atoms with Gasteiger partial charge in [-0.05, 0) is 57.5 Å². The number of halogens is 19. The molecule has 4 amide bonds. The van der Waals surface area contributed by atoms with E-state index in [1.54, 1.807) is 79.2 Å². The van der Waals surface area contributed by atoms with Crippen LogP contribution in [0.25, 0.3) is 89.7 Å². The van der Waals surface area contributed by atoms with E-state index < -0.39 is 128 Å². The van der Waals surface area contributed by atoms with Crippen LogP contribution < -0.4 is 41.3 Å². The number of alkyl halides is 12. The summed E-state index contributed by atoms with van der Waals surface area (Å²) in [5.41, 5.74) is 2.76. The Bertz CT molecular complexity index is 6070. The maximum atomic E-state index is 14.9. The van der Waals surface area contributed by atoms with Crippen molar-refractivity contribution in [2.75, 3.05) is 85.7 Å². The lowest BCUT2D eigenvalue weighted by atomic mass is 9.97. The van der Waals surface area contributed by atoms with E-state index in [2.05, 4.69) is 91.6 Å². The number of aromatic amines is 4. The quantitative estimate of drug-likeness (QED) is 0.0189. The van der Waals surface area contributed by atoms with Crippen molar-refractivity contribution >= 4 is 137 Å². The summed E-state index contributed by atoms with van der Waals surface area (Å²) in [5, 5.41) is 14.2. The molecule has 3 fully saturated rings. The lowest BCUT2D eigenvalue weighted by Crippen LogP contribution is -2.52. The molecule has 0 saturated carbocycles. The monoisotopic (exact) mass is 1910 g/mol. The molecule has 0 bridgehead atoms. The molecular weight excluding hydrogens is 1820 g/mol. The van der Waals surface area contributed by atoms with Crippen LogP contribution >= 0.6 is 46.4 Å². The third-order valence-corrected chi connectivity index (χ3v) is 20.8. The fraction of sp³-hybridized carbons (Fsp3) is 0.367. The van der Waals surface area contributed by atoms with E-state index in [0.717, 1.165) is 24.0 Å². The number of pyridine rings is 4. The van der Waals surface area contributed by atoms with E-state index in [0.29, 0.717) is 112 Å². The van der Waals surface area contributed by atoms with Gasteiger partial charge in [-0.15, -0.1) is 6.58 Å². The van der Waals surface area contributed by atoms with E-state index in [1.807, 2.05) is 22.9 Å². The van der Waals surface area contributed by atoms with Crippen LogP contribution in [0.3, 0.4) is 0 Å². The number of fused-ring (bicyclic) bond motifs is 4. The highest BCUT2D eigenvalue weighted by molar-refractivity contribution is 6.32. The first-order valence-corrected chi connectivity index (χ1v) is 40.5. The summed E-state index contributed by atoms with van der Waals surface area (Å²) < 4.78 is 212. The molecular formula is C79H89Cl4F15N24O7. The van der Waals surface area contributed by atoms with Crippen LogP contribution in [0.1, 0.15) is 63.4 Å². The minimum Gasteiger partial charge on any atom is -0.377 e. The maximum Gasteiger partial charge on any atom is 0.405 e. The van der Waals surface area contributed by atoms with Crippen LogP contribution in [0.2, 0.25) is 20.1 Å². The van der Waals surface area contributed by atoms with Crippen LogP contribution in [0, 0.1) is 17.5 Å². The number of nitrogens with one attached hydrogen (secondary N) is 9. The third kappa shape index (κ3) is 24.3. The topological polar surface area (TPSA) is 384 Å². The number of carbonyl (C=O) groups is 4. The van der Waals surface area contributed by atoms with Gasteiger partial charge in [0.25, 0.3) is 0 Å². The Labute approximate surface area is 750 Å². The molecule has 700 valence electrons. The third-order valence-electron chi connectivity index (χ3n) is 20.0. The van der Waals surface area contributed by atoms with Gasteiger partial charge in [0.15, 0.2) is 58.2 Å². The molecule has 3 aliphatic heterocycles. The Kier molecular flexibility index (Phi) is 30.3. The van der Waals surface area contributed by atoms with E-state index in [1.165, 1.54) is 53.8 Å². The fourth-order valence-corrected chi connectivity index (χ4v) is 14.6. The Morgan fingerprint density at radius 1 is 0.465 bits per heavy atom. The minimum atomic E-state index is -4.59. The van der Waals surface area contributed by atoms with Gasteiger partial charge < -0.3 is 75.4 Å². The van der Waals surface area contributed by atoms with E-state index in [4.69, 9.17) is 60.6 Å². The van der Waals surface area contributed by atoms with Gasteiger partial charge in [-0.2, -0.15) is 52.7 Å². The maximum absolute atomic E-state index is 14.9. The smallest absolute Gasteiger partial charge is 0.377 e. The molecule has 9 N–H and O–H groups in total. The number of amides is 4. The standard InChI is InChI=1S/C21H19ClF4N6O2.C20H19ClF4N6O2.C20H20ClF3N6O2.C18H17ClF4N6O.7H2/c1-2-3-34-12-5-16(20(33)30-10-21(24,25)26)32(9-12)19-15(23)8-29-18(31-19)14-7-28-17-13(14)4-11(22)6-27-17;1-2-33-11-4-15(19(32)29-9-20(23,24)25)31(8-11)18-14(22)7-28-17(30-18)13-6-27-16-12(13)3-10(21)5-26-16;1-2-32-12-6-15(19(31)28-10-20(22,23)24)30(9-12)16-3-4-25-18(29-16)14-8-27-17-13(14)5-11(21)7-26-17;1-3-17(2,16(30)27-8-18(21,22)23)29-15-12(20)7-26-14(28-15)11-6-25-13-10(11)4-9(19)5-24-13;;;;;;;/h2,4,6-8,12,16H,1,3,5,9-10H2,(H,27,28)(H,30,33);3,5-7,11,15H,2,4,8-9H2,1H3,(H,26,27)(H,29,32);3-5,7-8,12,15H,2,6,9-10H2,1H3,(H,26,27)(H,28,31);4-7H,3,8H2,1-2H3,(H,24,25)(H,27,30)(H,26,28,29);7*1H/t12?,16-;11?,15-;12?,15-;17-;;;;;;;/m0000......./s1. The molecule has 15 heterocycles. The second-order valence-corrected chi connectivity index (χ2v) is 30.8. The van der Waals surface area contributed by atoms with Crippen LogP contribution in [-0.2, 0) is 33.4 Å². The summed E-state index contributed by atoms with van der Waals surface area (Å²) >= 11 is 24.1. The lowest BCUT2D eigenvalue weighted by molar-refractivity contribution is -0.140. The predicted octanol–water partition coefficient (Wildman–Crippen LogP) is 16.2. The average Bonchev–Trinajstić information content (AvgIpc) is 1.62. The van der Waals surface area contributed by atoms with Crippen molar-refractivity contribution in [3.8, 4) is 45.6 Å². The summed E-state index contributed by atoms with van der Waals surface area (Å²) in [6.45, 7) is 5.51. The van der Waals surface area contributed by atoms with Crippen molar-refractivity contribution in [1.82, 2.24) is 101 Å². The number of carbonyl (C=O) groups excluding carboxylic acids is 4. The highest BCUT2D eigenvalue weighted by Gasteiger charge is 2.45. The summed E-state index contributed by atoms with van der Waals surface area (Å²) in [6, 6.07) is 5.20. The zero-order chi connectivity index (χ0) is 93.2. The molecule has 7 atom stereocenters. The average molecular weight is 1910 g/mol. The molecule has 0 radical (unpaired) electrons. The Balaban J connectivity index is 0.000000315. The van der Waals surface area contributed by atoms with Crippen molar-refractivity contribution in [2.24, 2.45) is 0 Å². The second kappa shape index (κ2) is 40.7. The first-order valence-electron chi connectivity index (χ1n) is 38.9. The number of anilines is 4. The number of hydrogen-bond acceptors (Lipinski definition) is 23. The zero-order valence-corrected chi connectivity index (χ0v) is 70.7. The first kappa shape index (κ1) is 96.0. The Hall–Kier alpha value is -12.1. The van der Waals surface area contributed by atoms with Gasteiger partial charge in [0.1, 0.15) is 78.3 Å². The van der Waals surface area contributed by atoms with Crippen LogP contribution in [0.4, 0.5) is 89.1 Å². The SMILES string of the molecule is C=CCOC1C[C@@H](C(=O)NCC(F)(F)F)N(c2nc(-c3c[nH]c4ncc(Cl)cc34)ncc2F)C1.CCOC1C[C@@H](C(=O)NCC(F)(F)F)N(c2ccnc(-c3c[nH]c4ncc(Cl)cc34)n2)C1.CCOC1C[C@@H](C(=O)NCC(F)(F)F)N(c2nc(-c3c[nH]c4ncc(Cl)cc34)ncc2F)C1.CC[C@](C)(Nc1nc(-c2c[nH]c3ncc(Cl)cc23)ncc1F)C(=O)NCC(F)(F)F.[HH].[HH].[HH].[HH].[HH].[HH].[HH]. The summed E-state index contributed by atoms with van der Waals surface area (Å²) in [5.74, 6) is -5.60. The Morgan fingerprint density at radius 2 is 0.798 bits per heavy atom. The Morgan fingerprint density at radius 3 is 1.16 bits per heavy atom. The van der Waals surface area contributed by atoms with Crippen molar-refractivity contribution in [3.63, 3.8) is 0 Å². The molecule has 12 aromatic heterocycles. The van der Waals surface area contributed by atoms with Crippen molar-refractivity contribution in [2.45, 2.75) is 120 Å². The lowest BCUT2D eigenvalue weighted by Gasteiger charge is -2.29. The number of hydrogen-bond donors (Lipinski definition) is 9. The number of H-pyrrole nitrogens is 4. The van der Waals surface area contributed by atoms with Gasteiger partial charge in [0, 0.05) is 162 Å². The highest BCUT2D eigenvalue weighted by Crippen LogP contribution is 2.39. The molecule has 50 heteroatoms. The first-order chi connectivity index (χ1) is 61.1. The molecule has 0 aromatic carbocycles. The predicted molar refractivity (Wildman–Crippen MR) is 460 cm³/mol. The molecule has 31 nitrogen and oxygen atoms in total. The molecule has 12 aromatic rings. The van der Waals surface area contributed by atoms with Crippen molar-refractivity contribution in [3.05, 3.63) is 155 Å². The van der Waals surface area contributed by atoms with Crippen LogP contribution in [0.5, 0.6) is 0 Å². The number of aromatic nitrogens is 16. The molecule has 129 heavy (non-hydrogen) atoms. The van der Waals surface area contributed by atoms with Crippen molar-refractivity contribution < 1.29 is 109 Å². The number of rotatable bonds is 25. The van der Waals surface area contributed by atoms with Gasteiger partial charge in [-0.25, -0.2) is 73.0 Å². The summed E-state index contributed by atoms with van der Waals surface area (Å²) in [7, 11) is 0. The summed E-state index contributed by atoms with van der Waals surface area (Å²) in [4.78, 5) is 117. The number of ether oxygens (including phenoxy) is 3. The van der Waals surface area contributed by atoms with Gasteiger partial charge in [0.05, 0.1) is 63.6 Å². The van der Waals surface area contributed by atoms with Gasteiger partial charge in [-0.3, -0.25) is 19.2 Å². The molecule has 3 saturated heterocycles. The van der Waals surface area contributed by atoms with Gasteiger partial charge >= 0.3 is 24.7 Å². The highest BCUT2D eigenvalue weighted by atomic mass is 35.5. The zero-order valence-electron chi connectivity index (χ0n) is 67.7. The summed E-state index contributed by atoms with van der Waals surface area (Å²) in [6.07, 6.45) is -0.936. The van der Waals surface area contributed by atoms with E-state index in [9.17, 15) is 85.0 Å². The van der Waals surface area contributed by atoms with E-state index in [-0.39, 0.29) is 96.4 Å². The largest absolute Gasteiger partial charge is 0.405 e. The normalized spacial score (nSPS) is 17.6. The molecule has 3 aliphatic rings. The van der Waals surface area contributed by atoms with Crippen LogP contribution in [-0.4, -0.2) is 236 Å². The molecule has 0 spiro atoms. The fourth-order valence-electron chi connectivity index (χ4n) is 14.0. The molecule has 15 rings (SSSR count). The second-order valence-electron chi connectivity index (χ2n) is 29.1. The van der Waals surface area contributed by atoms with Crippen LogP contribution in [0.15, 0.2) is 117 Å². The number of nitrogens with zero attached hydrogens (tertiary/aromatic N) is 15. The van der Waals surface area contributed by atoms with Crippen molar-refractivity contribution in [1.29, 1.82) is 0 Å². The minimum absolute atomic E-state index is 0. The van der Waals surface area contributed by atoms with Gasteiger partial charge in [0.2, 0.25) is 23.6 Å². The molecule has 0 aliphatic carbocycles.